The van der Waals surface area contributed by atoms with E-state index in [1.807, 2.05) is 14.0 Å². The molecule has 2 saturated carbocycles. The van der Waals surface area contributed by atoms with Crippen LogP contribution in [0.2, 0.25) is 0 Å². The average Bonchev–Trinajstić information content (AvgIpc) is 4.07. The fraction of sp³-hybridized carbons (Fsp3) is 0.444. The van der Waals surface area contributed by atoms with Gasteiger partial charge in [0.05, 0.1) is 22.4 Å². The second-order valence-electron chi connectivity index (χ2n) is 13.7. The van der Waals surface area contributed by atoms with Crippen LogP contribution in [0.25, 0.3) is 44.7 Å². The Bertz CT molecular complexity index is 2240. The second kappa shape index (κ2) is 13.8. The van der Waals surface area contributed by atoms with Crippen LogP contribution < -0.4 is 26.0 Å². The third-order valence-electron chi connectivity index (χ3n) is 10.6. The third-order valence-corrected chi connectivity index (χ3v) is 10.6. The molecule has 3 aromatic heterocycles. The predicted molar refractivity (Wildman–Crippen MR) is 199 cm³/mol. The Morgan fingerprint density at radius 2 is 1.16 bits per heavy atom. The highest BCUT2D eigenvalue weighted by Gasteiger charge is 2.31. The van der Waals surface area contributed by atoms with Crippen LogP contribution in [0.1, 0.15) is 44.7 Å². The Labute approximate surface area is 305 Å². The van der Waals surface area contributed by atoms with Gasteiger partial charge in [-0.1, -0.05) is 6.92 Å². The van der Waals surface area contributed by atoms with Crippen molar-refractivity contribution in [2.75, 3.05) is 68.7 Å². The summed E-state index contributed by atoms with van der Waals surface area (Å²) in [6, 6.07) is 6.58. The molecule has 0 spiro atoms. The van der Waals surface area contributed by atoms with Gasteiger partial charge in [0.1, 0.15) is 22.8 Å². The molecule has 0 atom stereocenters. The molecule has 15 heteroatoms. The van der Waals surface area contributed by atoms with E-state index < -0.39 is 22.5 Å². The summed E-state index contributed by atoms with van der Waals surface area (Å²) in [4.78, 5) is 34.2. The Kier molecular flexibility index (Phi) is 9.59. The van der Waals surface area contributed by atoms with Crippen molar-refractivity contribution in [2.45, 2.75) is 44.7 Å². The number of fused-ring (bicyclic) bond motifs is 2. The van der Waals surface area contributed by atoms with Gasteiger partial charge in [0.2, 0.25) is 10.9 Å². The molecule has 270 valence electrons. The Hall–Kier alpha value is -4.04. The molecule has 5 heterocycles. The molecule has 51 heavy (non-hydrogen) atoms. The minimum atomic E-state index is -0.451. The Morgan fingerprint density at radius 1 is 0.706 bits per heavy atom. The van der Waals surface area contributed by atoms with Crippen molar-refractivity contribution in [3.8, 4) is 22.9 Å². The molecule has 1 N–H and O–H groups in total. The fourth-order valence-corrected chi connectivity index (χ4v) is 7.47. The van der Waals surface area contributed by atoms with Gasteiger partial charge in [0, 0.05) is 87.6 Å². The first-order chi connectivity index (χ1) is 23.9. The van der Waals surface area contributed by atoms with E-state index in [0.717, 1.165) is 58.4 Å². The second-order valence-corrected chi connectivity index (χ2v) is 13.7. The van der Waals surface area contributed by atoms with Gasteiger partial charge in [-0.15, -0.1) is 35.0 Å². The van der Waals surface area contributed by atoms with Crippen LogP contribution >= 0.6 is 24.8 Å². The molecule has 0 radical (unpaired) electrons. The highest BCUT2D eigenvalue weighted by atomic mass is 35.5. The van der Waals surface area contributed by atoms with Crippen LogP contribution in [-0.2, 0) is 0 Å². The zero-order valence-corrected chi connectivity index (χ0v) is 29.9. The molecule has 0 unspecified atom stereocenters. The van der Waals surface area contributed by atoms with Gasteiger partial charge in [0.25, 0.3) is 11.8 Å². The van der Waals surface area contributed by atoms with Gasteiger partial charge in [-0.05, 0) is 56.5 Å². The van der Waals surface area contributed by atoms with Crippen molar-refractivity contribution >= 4 is 58.0 Å². The summed E-state index contributed by atoms with van der Waals surface area (Å²) < 4.78 is 41.3. The monoisotopic (exact) mass is 740 g/mol. The largest absolute Gasteiger partial charge is 0.416 e. The van der Waals surface area contributed by atoms with Crippen molar-refractivity contribution in [1.29, 1.82) is 0 Å². The highest BCUT2D eigenvalue weighted by molar-refractivity contribution is 5.88. The number of hydrogen-bond acceptors (Lipinski definition) is 9. The van der Waals surface area contributed by atoms with E-state index in [-0.39, 0.29) is 70.6 Å². The normalized spacial score (nSPS) is 18.3. The van der Waals surface area contributed by atoms with Gasteiger partial charge >= 0.3 is 0 Å². The number of halogens is 4. The van der Waals surface area contributed by atoms with Crippen molar-refractivity contribution in [2.24, 2.45) is 0 Å². The number of pyridine rings is 2. The summed E-state index contributed by atoms with van der Waals surface area (Å²) in [6.07, 6.45) is 7.22. The number of piperazine rings is 2. The van der Waals surface area contributed by atoms with Crippen molar-refractivity contribution in [3.63, 3.8) is 0 Å². The van der Waals surface area contributed by atoms with Crippen molar-refractivity contribution < 1.29 is 13.2 Å². The van der Waals surface area contributed by atoms with Crippen molar-refractivity contribution in [3.05, 3.63) is 68.7 Å². The summed E-state index contributed by atoms with van der Waals surface area (Å²) in [5.41, 5.74) is 1.80. The Morgan fingerprint density at radius 3 is 1.59 bits per heavy atom. The SMILES string of the molecule is CCN1CCN(c2cc3c(cc2F)c(=O)c(-c2nnc(-c4cn(C5CC5)c5cc(N6CCNCC6)c(F)cc5c4=O)o2)cn3C2CC2)CC1.Cl.Cl. The molecule has 2 aliphatic carbocycles. The average molecular weight is 742 g/mol. The Balaban J connectivity index is 0.00000203. The van der Waals surface area contributed by atoms with Crippen LogP contribution in [0.4, 0.5) is 20.2 Å². The minimum absolute atomic E-state index is 0. The lowest BCUT2D eigenvalue weighted by Gasteiger charge is -2.35. The molecule has 0 bridgehead atoms. The number of nitrogens with one attached hydrogen (secondary N) is 1. The first kappa shape index (κ1) is 35.4. The lowest BCUT2D eigenvalue weighted by atomic mass is 10.1. The molecule has 0 amide bonds. The number of anilines is 2. The van der Waals surface area contributed by atoms with Gasteiger partial charge in [0.15, 0.2) is 0 Å². The van der Waals surface area contributed by atoms with Crippen LogP contribution in [0.5, 0.6) is 0 Å². The number of hydrogen-bond donors (Lipinski definition) is 1. The maximum Gasteiger partial charge on any atom is 0.253 e. The molecular weight excluding hydrogens is 701 g/mol. The summed E-state index contributed by atoms with van der Waals surface area (Å²) in [5.74, 6) is -0.987. The summed E-state index contributed by atoms with van der Waals surface area (Å²) in [5, 5.41) is 12.2. The van der Waals surface area contributed by atoms with Crippen LogP contribution in [0.3, 0.4) is 0 Å². The lowest BCUT2D eigenvalue weighted by Crippen LogP contribution is -2.46. The molecule has 2 saturated heterocycles. The van der Waals surface area contributed by atoms with E-state index in [1.165, 1.54) is 12.1 Å². The van der Waals surface area contributed by atoms with E-state index in [1.54, 1.807) is 24.5 Å². The van der Waals surface area contributed by atoms with E-state index in [9.17, 15) is 9.59 Å². The molecule has 2 aromatic carbocycles. The quantitative estimate of drug-likeness (QED) is 0.236. The van der Waals surface area contributed by atoms with E-state index in [4.69, 9.17) is 4.42 Å². The molecular formula is C36H40Cl2F2N8O3. The van der Waals surface area contributed by atoms with Crippen LogP contribution in [-0.4, -0.2) is 83.1 Å². The van der Waals surface area contributed by atoms with Gasteiger partial charge < -0.3 is 33.6 Å². The summed E-state index contributed by atoms with van der Waals surface area (Å²) in [6.45, 7) is 9.13. The van der Waals surface area contributed by atoms with Gasteiger partial charge in [-0.2, -0.15) is 0 Å². The smallest absolute Gasteiger partial charge is 0.253 e. The zero-order valence-electron chi connectivity index (χ0n) is 28.2. The maximum absolute atomic E-state index is 15.7. The predicted octanol–water partition coefficient (Wildman–Crippen LogP) is 5.38. The third kappa shape index (κ3) is 6.28. The molecule has 4 aliphatic rings. The summed E-state index contributed by atoms with van der Waals surface area (Å²) >= 11 is 0. The first-order valence-electron chi connectivity index (χ1n) is 17.4. The molecule has 4 fully saturated rings. The van der Waals surface area contributed by atoms with Gasteiger partial charge in [-0.3, -0.25) is 9.59 Å². The van der Waals surface area contributed by atoms with Crippen molar-refractivity contribution in [1.82, 2.24) is 29.5 Å². The standard InChI is InChI=1S/C36H38F2N8O3.2ClH/c1-2-42-11-13-44(14-12-42)32-18-30-24(16-28(32)38)34(48)26(20-46(30)22-5-6-22)36-41-40-35(49-36)25-19-45(21-3-4-21)29-17-31(43-9-7-39-8-10-43)27(37)15-23(29)33(25)47;;/h15-22,39H,2-14H2,1H3;2*1H. The highest BCUT2D eigenvalue weighted by Crippen LogP contribution is 2.41. The van der Waals surface area contributed by atoms with Gasteiger partial charge in [-0.25, -0.2) is 8.78 Å². The van der Waals surface area contributed by atoms with E-state index in [2.05, 4.69) is 32.2 Å². The molecule has 9 rings (SSSR count). The number of likely N-dealkylation sites (N-methyl/N-ethyl adjacent to an activating group) is 1. The topological polar surface area (TPSA) is 105 Å². The summed E-state index contributed by atoms with van der Waals surface area (Å²) in [7, 11) is 0. The molecule has 11 nitrogen and oxygen atoms in total. The zero-order chi connectivity index (χ0) is 33.4. The van der Waals surface area contributed by atoms with E-state index >= 15 is 8.78 Å². The minimum Gasteiger partial charge on any atom is -0.416 e. The maximum atomic E-state index is 15.7. The number of nitrogens with zero attached hydrogens (tertiary/aromatic N) is 7. The van der Waals surface area contributed by atoms with Crippen LogP contribution in [0.15, 0.2) is 50.7 Å². The fourth-order valence-electron chi connectivity index (χ4n) is 7.47. The first-order valence-corrected chi connectivity index (χ1v) is 17.4. The number of benzene rings is 2. The lowest BCUT2D eigenvalue weighted by molar-refractivity contribution is 0.270. The van der Waals surface area contributed by atoms with Crippen LogP contribution in [0, 0.1) is 11.6 Å². The molecule has 5 aromatic rings. The molecule has 2 aliphatic heterocycles. The number of rotatable bonds is 7. The van der Waals surface area contributed by atoms with E-state index in [0.29, 0.717) is 48.6 Å². The number of aromatic nitrogens is 4.